The van der Waals surface area contributed by atoms with Crippen molar-refractivity contribution in [2.75, 3.05) is 40.4 Å². The van der Waals surface area contributed by atoms with E-state index >= 15 is 0 Å². The molecule has 3 aromatic heterocycles. The lowest BCUT2D eigenvalue weighted by molar-refractivity contribution is -0.904. The van der Waals surface area contributed by atoms with Crippen LogP contribution in [0.15, 0.2) is 73.3 Å². The van der Waals surface area contributed by atoms with Crippen LogP contribution in [-0.2, 0) is 36.9 Å². The third kappa shape index (κ3) is 9.88. The average molecular weight is 893 g/mol. The lowest BCUT2D eigenvalue weighted by Crippen LogP contribution is -2.41. The molecule has 11 rings (SSSR count). The predicted octanol–water partition coefficient (Wildman–Crippen LogP) is 10.3. The predicted molar refractivity (Wildman–Crippen MR) is 262 cm³/mol. The molecule has 0 spiro atoms. The summed E-state index contributed by atoms with van der Waals surface area (Å²) in [6, 6.07) is 17.6. The molecule has 2 saturated carbocycles. The van der Waals surface area contributed by atoms with Crippen LogP contribution >= 0.6 is 0 Å². The van der Waals surface area contributed by atoms with Crippen molar-refractivity contribution in [2.45, 2.75) is 136 Å². The number of nitrogens with one attached hydrogen (secondary N) is 1. The molecule has 2 saturated heterocycles. The molecule has 4 aliphatic carbocycles. The first-order valence-corrected chi connectivity index (χ1v) is 24.2. The number of nitrogens with zero attached hydrogens (tertiary/aromatic N) is 4. The maximum Gasteiger partial charge on any atom is 0.226 e. The highest BCUT2D eigenvalue weighted by atomic mass is 16.5. The van der Waals surface area contributed by atoms with Crippen molar-refractivity contribution in [1.29, 1.82) is 0 Å². The van der Waals surface area contributed by atoms with Crippen LogP contribution < -0.4 is 19.5 Å². The number of ether oxygens (including phenoxy) is 2. The van der Waals surface area contributed by atoms with E-state index in [0.717, 1.165) is 92.4 Å². The summed E-state index contributed by atoms with van der Waals surface area (Å²) in [5.74, 6) is 5.24. The van der Waals surface area contributed by atoms with Gasteiger partial charge in [-0.2, -0.15) is 0 Å². The highest BCUT2D eigenvalue weighted by molar-refractivity contribution is 5.78. The molecular weight excluding hydrogens is 819 g/mol. The van der Waals surface area contributed by atoms with E-state index in [2.05, 4.69) is 68.0 Å². The largest absolute Gasteiger partial charge is 0.496 e. The number of aromatic nitrogens is 3. The summed E-state index contributed by atoms with van der Waals surface area (Å²) in [6.07, 6.45) is 21.6. The van der Waals surface area contributed by atoms with Gasteiger partial charge in [-0.1, -0.05) is 39.1 Å². The number of fused-ring (bicyclic) bond motifs is 4. The fraction of sp³-hybridized carbons (Fsp3) is 0.509. The van der Waals surface area contributed by atoms with Crippen LogP contribution in [0, 0.1) is 25.7 Å². The van der Waals surface area contributed by atoms with E-state index in [9.17, 15) is 10.0 Å². The van der Waals surface area contributed by atoms with E-state index in [1.54, 1.807) is 31.6 Å². The number of piperidine rings is 2. The van der Waals surface area contributed by atoms with Gasteiger partial charge in [-0.15, -0.1) is 0 Å². The molecule has 6 aliphatic rings. The van der Waals surface area contributed by atoms with Gasteiger partial charge in [0.2, 0.25) is 18.3 Å². The number of hydrogen-bond acceptors (Lipinski definition) is 7. The molecule has 2 unspecified atom stereocenters. The summed E-state index contributed by atoms with van der Waals surface area (Å²) in [7, 11) is 3.61. The summed E-state index contributed by atoms with van der Waals surface area (Å²) in [4.78, 5) is 25.3. The molecule has 4 fully saturated rings. The van der Waals surface area contributed by atoms with Gasteiger partial charge in [-0.25, -0.2) is 0 Å². The zero-order valence-corrected chi connectivity index (χ0v) is 38.4. The van der Waals surface area contributed by atoms with E-state index in [4.69, 9.17) is 19.4 Å². The molecule has 9 heteroatoms. The quantitative estimate of drug-likeness (QED) is 0.118. The van der Waals surface area contributed by atoms with Crippen molar-refractivity contribution < 1.29 is 24.2 Å². The molecule has 350 valence electrons. The number of aryl methyl sites for hydroxylation is 6. The van der Waals surface area contributed by atoms with Gasteiger partial charge in [-0.3, -0.25) is 20.0 Å². The molecule has 2 atom stereocenters. The minimum absolute atomic E-state index is 0. The fourth-order valence-corrected chi connectivity index (χ4v) is 11.7. The molecule has 5 aromatic rings. The third-order valence-corrected chi connectivity index (χ3v) is 15.3. The molecule has 1 amide bonds. The number of pyridine rings is 3. The Hall–Kier alpha value is -5.28. The van der Waals surface area contributed by atoms with Crippen LogP contribution in [0.4, 0.5) is 0 Å². The minimum Gasteiger partial charge on any atom is -0.496 e. The number of benzene rings is 2. The van der Waals surface area contributed by atoms with E-state index < -0.39 is 0 Å². The van der Waals surface area contributed by atoms with Gasteiger partial charge in [-0.05, 0) is 190 Å². The first-order chi connectivity index (χ1) is 31.2. The summed E-state index contributed by atoms with van der Waals surface area (Å²) >= 11 is 0. The van der Waals surface area contributed by atoms with Crippen molar-refractivity contribution in [2.24, 2.45) is 11.8 Å². The topological polar surface area (TPSA) is 101 Å². The van der Waals surface area contributed by atoms with Crippen LogP contribution in [0.3, 0.4) is 0 Å². The third-order valence-electron chi connectivity index (χ3n) is 15.3. The number of likely N-dealkylation sites (tertiary alicyclic amines) is 1. The molecule has 66 heavy (non-hydrogen) atoms. The molecular formula is C57H74N5O4+. The summed E-state index contributed by atoms with van der Waals surface area (Å²) < 4.78 is 12.9. The number of carbonyl (C=O) groups is 1. The average Bonchev–Trinajstić information content (AvgIpc) is 4.24. The normalized spacial score (nSPS) is 20.3. The van der Waals surface area contributed by atoms with Gasteiger partial charge in [0.05, 0.1) is 32.0 Å². The first kappa shape index (κ1) is 47.2. The van der Waals surface area contributed by atoms with Crippen LogP contribution in [0.2, 0.25) is 0 Å². The maximum atomic E-state index is 13.1. The Morgan fingerprint density at radius 2 is 1.12 bits per heavy atom. The number of rotatable bonds is 8. The second-order valence-corrected chi connectivity index (χ2v) is 19.8. The number of hydrogen-bond donors (Lipinski definition) is 2. The fourth-order valence-electron chi connectivity index (χ4n) is 11.7. The molecule has 2 aromatic carbocycles. The van der Waals surface area contributed by atoms with Gasteiger partial charge in [0.1, 0.15) is 11.5 Å². The Labute approximate surface area is 394 Å². The zero-order chi connectivity index (χ0) is 43.9. The Kier molecular flexibility index (Phi) is 14.5. The van der Waals surface area contributed by atoms with Crippen molar-refractivity contribution in [3.63, 3.8) is 0 Å². The van der Waals surface area contributed by atoms with Gasteiger partial charge < -0.3 is 19.7 Å². The molecule has 2 N–H and O–H groups in total. The van der Waals surface area contributed by atoms with E-state index in [0.29, 0.717) is 30.1 Å². The number of amides is 1. The Morgan fingerprint density at radius 1 is 0.667 bits per heavy atom. The van der Waals surface area contributed by atoms with Gasteiger partial charge >= 0.3 is 0 Å². The van der Waals surface area contributed by atoms with Crippen molar-refractivity contribution in [3.05, 3.63) is 146 Å². The van der Waals surface area contributed by atoms with Gasteiger partial charge in [0.15, 0.2) is 0 Å². The summed E-state index contributed by atoms with van der Waals surface area (Å²) in [6.45, 7) is 8.07. The van der Waals surface area contributed by atoms with Crippen LogP contribution in [-0.4, -0.2) is 66.4 Å². The van der Waals surface area contributed by atoms with Crippen LogP contribution in [0.5, 0.6) is 11.5 Å². The first-order valence-electron chi connectivity index (χ1n) is 24.2. The summed E-state index contributed by atoms with van der Waals surface area (Å²) in [5, 5.41) is 13.0. The minimum atomic E-state index is 0. The van der Waals surface area contributed by atoms with Crippen LogP contribution in [0.1, 0.15) is 162 Å². The lowest BCUT2D eigenvalue weighted by atomic mass is 9.75. The van der Waals surface area contributed by atoms with Crippen molar-refractivity contribution >= 4 is 5.91 Å². The van der Waals surface area contributed by atoms with Crippen molar-refractivity contribution in [3.8, 4) is 11.5 Å². The SMILES string of the molecule is C.C.COc1cc(C)cc2c1C(C1CCN(C(=O)Cc3cc[n+](O)cc3)CC1)c1ncc(C3CC3)cc1CC2.COc1cc(C)cc2c1C(C1CCNCC1)c1ncc(C3CC3)cc1CC2. The second kappa shape index (κ2) is 20.3. The molecule has 2 aliphatic heterocycles. The zero-order valence-electron chi connectivity index (χ0n) is 38.4. The van der Waals surface area contributed by atoms with Crippen molar-refractivity contribution in [1.82, 2.24) is 20.2 Å². The molecule has 9 nitrogen and oxygen atoms in total. The van der Waals surface area contributed by atoms with E-state index in [1.807, 2.05) is 12.0 Å². The molecule has 0 radical (unpaired) electrons. The smallest absolute Gasteiger partial charge is 0.226 e. The van der Waals surface area contributed by atoms with E-state index in [1.165, 1.54) is 106 Å². The molecule has 0 bridgehead atoms. The standard InChI is InChI=1S/C31H36N3O3.C24H30N2O.2CH4/c1-20-15-24-5-6-25-18-26(22-3-4-22)19-32-31(25)30(29(24)27(16-20)37-2)23-9-11-33(12-10-23)28(35)17-21-7-13-34(36)14-8-21;1-15-11-18-5-6-19-13-20(16-3-4-16)14-26-24(19)23(17-7-9-25-10-8-17)22(18)21(12-15)27-2;;/h7-8,13-16,18-19,22-23,30,36H,3-6,9-12,17H2,1-2H3;11-14,16-17,23,25H,3-10H2,1-2H3;2*1H4/q+1;;;. The summed E-state index contributed by atoms with van der Waals surface area (Å²) in [5.41, 5.74) is 17.3. The second-order valence-electron chi connectivity index (χ2n) is 19.8. The molecule has 5 heterocycles. The highest BCUT2D eigenvalue weighted by Gasteiger charge is 2.39. The Balaban J connectivity index is 0.000000182. The van der Waals surface area contributed by atoms with E-state index in [-0.39, 0.29) is 26.7 Å². The highest BCUT2D eigenvalue weighted by Crippen LogP contribution is 2.49. The Bertz CT molecular complexity index is 2500. The Morgan fingerprint density at radius 3 is 1.58 bits per heavy atom. The number of methoxy groups -OCH3 is 2. The maximum absolute atomic E-state index is 13.1. The monoisotopic (exact) mass is 893 g/mol. The van der Waals surface area contributed by atoms with Gasteiger partial charge in [0.25, 0.3) is 0 Å². The van der Waals surface area contributed by atoms with Gasteiger partial charge in [0, 0.05) is 65.3 Å². The number of carbonyl (C=O) groups excluding carboxylic acids is 1. The lowest BCUT2D eigenvalue weighted by Gasteiger charge is -2.37. The van der Waals surface area contributed by atoms with Crippen LogP contribution in [0.25, 0.3) is 0 Å².